The number of nitrogens with zero attached hydrogens (tertiary/aromatic N) is 3. The van der Waals surface area contributed by atoms with Gasteiger partial charge in [-0.05, 0) is 32.3 Å². The Hall–Kier alpha value is -2.08. The lowest BCUT2D eigenvalue weighted by atomic mass is 10.2. The molecule has 2 rings (SSSR count). The number of carboxylic acids is 1. The van der Waals surface area contributed by atoms with E-state index in [0.717, 1.165) is 13.1 Å². The van der Waals surface area contributed by atoms with Crippen molar-refractivity contribution < 1.29 is 14.3 Å². The minimum absolute atomic E-state index is 0.200. The summed E-state index contributed by atoms with van der Waals surface area (Å²) in [5.41, 5.74) is 1.36. The van der Waals surface area contributed by atoms with Crippen LogP contribution in [0.2, 0.25) is 0 Å². The maximum absolute atomic E-state index is 10.9. The Bertz CT molecular complexity index is 592. The molecule has 1 aromatic heterocycles. The second-order valence-corrected chi connectivity index (χ2v) is 4.71. The molecule has 0 saturated carbocycles. The van der Waals surface area contributed by atoms with Crippen LogP contribution in [0.4, 0.5) is 6.01 Å². The quantitative estimate of drug-likeness (QED) is 0.882. The van der Waals surface area contributed by atoms with Crippen LogP contribution in [-0.4, -0.2) is 55.2 Å². The number of hydrogen-bond donors (Lipinski definition) is 1. The van der Waals surface area contributed by atoms with Crippen LogP contribution in [0, 0.1) is 0 Å². The van der Waals surface area contributed by atoms with Crippen molar-refractivity contribution in [3.05, 3.63) is 23.8 Å². The molecule has 6 nitrogen and oxygen atoms in total. The Kier molecular flexibility index (Phi) is 3.71. The molecule has 19 heavy (non-hydrogen) atoms. The van der Waals surface area contributed by atoms with Crippen LogP contribution in [0.5, 0.6) is 0 Å². The number of carbonyl (C=O) groups is 1. The third kappa shape index (κ3) is 3.03. The van der Waals surface area contributed by atoms with Gasteiger partial charge in [-0.25, -0.2) is 4.79 Å². The van der Waals surface area contributed by atoms with E-state index in [9.17, 15) is 4.79 Å². The molecule has 0 spiro atoms. The van der Waals surface area contributed by atoms with E-state index in [0.29, 0.717) is 17.1 Å². The average molecular weight is 263 g/mol. The van der Waals surface area contributed by atoms with Gasteiger partial charge in [0.15, 0.2) is 5.58 Å². The zero-order valence-corrected chi connectivity index (χ0v) is 11.3. The van der Waals surface area contributed by atoms with Crippen molar-refractivity contribution in [2.75, 3.05) is 39.1 Å². The SMILES string of the molecule is CN(C)CCN(C)c1nc2ccc(C(=O)O)cc2o1. The van der Waals surface area contributed by atoms with Crippen LogP contribution in [0.1, 0.15) is 10.4 Å². The van der Waals surface area contributed by atoms with E-state index in [2.05, 4.69) is 9.88 Å². The molecule has 0 radical (unpaired) electrons. The highest BCUT2D eigenvalue weighted by atomic mass is 16.4. The van der Waals surface area contributed by atoms with Gasteiger partial charge in [0.25, 0.3) is 6.01 Å². The second-order valence-electron chi connectivity index (χ2n) is 4.71. The lowest BCUT2D eigenvalue weighted by molar-refractivity contribution is 0.0697. The molecule has 0 aliphatic carbocycles. The first-order chi connectivity index (χ1) is 8.97. The molecule has 1 heterocycles. The number of aromatic carboxylic acids is 1. The molecule has 0 fully saturated rings. The summed E-state index contributed by atoms with van der Waals surface area (Å²) in [6.45, 7) is 1.67. The lowest BCUT2D eigenvalue weighted by Gasteiger charge is -2.17. The molecule has 0 bridgehead atoms. The molecule has 0 aliphatic rings. The molecule has 102 valence electrons. The Morgan fingerprint density at radius 2 is 2.05 bits per heavy atom. The van der Waals surface area contributed by atoms with E-state index in [1.165, 1.54) is 12.1 Å². The number of likely N-dealkylation sites (N-methyl/N-ethyl adjacent to an activating group) is 2. The van der Waals surface area contributed by atoms with Crippen molar-refractivity contribution in [2.24, 2.45) is 0 Å². The van der Waals surface area contributed by atoms with Crippen molar-refractivity contribution in [1.82, 2.24) is 9.88 Å². The Labute approximate surface area is 111 Å². The van der Waals surface area contributed by atoms with Crippen LogP contribution in [0.25, 0.3) is 11.1 Å². The van der Waals surface area contributed by atoms with Gasteiger partial charge in [-0.2, -0.15) is 4.98 Å². The first-order valence-corrected chi connectivity index (χ1v) is 5.97. The summed E-state index contributed by atoms with van der Waals surface area (Å²) in [7, 11) is 5.89. The van der Waals surface area contributed by atoms with Gasteiger partial charge in [0.2, 0.25) is 0 Å². The molecule has 0 saturated heterocycles. The third-order valence-electron chi connectivity index (χ3n) is 2.83. The fourth-order valence-corrected chi connectivity index (χ4v) is 1.65. The highest BCUT2D eigenvalue weighted by Crippen LogP contribution is 2.22. The van der Waals surface area contributed by atoms with E-state index < -0.39 is 5.97 Å². The molecule has 1 N–H and O–H groups in total. The molecule has 6 heteroatoms. The van der Waals surface area contributed by atoms with E-state index in [4.69, 9.17) is 9.52 Å². The van der Waals surface area contributed by atoms with Gasteiger partial charge in [0.05, 0.1) is 5.56 Å². The zero-order valence-electron chi connectivity index (χ0n) is 11.3. The second kappa shape index (κ2) is 5.27. The van der Waals surface area contributed by atoms with Gasteiger partial charge in [-0.3, -0.25) is 0 Å². The number of aromatic nitrogens is 1. The number of anilines is 1. The summed E-state index contributed by atoms with van der Waals surface area (Å²) < 4.78 is 5.59. The zero-order chi connectivity index (χ0) is 14.0. The number of carboxylic acid groups (broad SMARTS) is 1. The normalized spacial score (nSPS) is 11.2. The van der Waals surface area contributed by atoms with Crippen molar-refractivity contribution in [3.63, 3.8) is 0 Å². The summed E-state index contributed by atoms with van der Waals surface area (Å²) in [6.07, 6.45) is 0. The number of oxazole rings is 1. The number of benzene rings is 1. The highest BCUT2D eigenvalue weighted by molar-refractivity contribution is 5.92. The maximum Gasteiger partial charge on any atom is 0.335 e. The first-order valence-electron chi connectivity index (χ1n) is 5.97. The predicted molar refractivity (Wildman–Crippen MR) is 72.8 cm³/mol. The molecular formula is C13H17N3O3. The van der Waals surface area contributed by atoms with E-state index >= 15 is 0 Å². The van der Waals surface area contributed by atoms with Gasteiger partial charge in [-0.15, -0.1) is 0 Å². The molecule has 0 amide bonds. The average Bonchev–Trinajstić information content (AvgIpc) is 2.78. The van der Waals surface area contributed by atoms with Crippen LogP contribution in [-0.2, 0) is 0 Å². The number of hydrogen-bond acceptors (Lipinski definition) is 5. The summed E-state index contributed by atoms with van der Waals surface area (Å²) in [6, 6.07) is 5.18. The monoisotopic (exact) mass is 263 g/mol. The van der Waals surface area contributed by atoms with Gasteiger partial charge in [0.1, 0.15) is 5.52 Å². The molecule has 0 unspecified atom stereocenters. The first kappa shape index (κ1) is 13.4. The summed E-state index contributed by atoms with van der Waals surface area (Å²) in [5.74, 6) is -0.971. The Balaban J connectivity index is 2.23. The summed E-state index contributed by atoms with van der Waals surface area (Å²) >= 11 is 0. The fourth-order valence-electron chi connectivity index (χ4n) is 1.65. The highest BCUT2D eigenvalue weighted by Gasteiger charge is 2.12. The lowest BCUT2D eigenvalue weighted by Crippen LogP contribution is -2.28. The molecule has 2 aromatic rings. The van der Waals surface area contributed by atoms with E-state index in [1.54, 1.807) is 6.07 Å². The van der Waals surface area contributed by atoms with Gasteiger partial charge < -0.3 is 19.3 Å². The number of fused-ring (bicyclic) bond motifs is 1. The van der Waals surface area contributed by atoms with Gasteiger partial charge in [-0.1, -0.05) is 0 Å². The van der Waals surface area contributed by atoms with Gasteiger partial charge >= 0.3 is 5.97 Å². The Morgan fingerprint density at radius 1 is 1.32 bits per heavy atom. The molecule has 0 aliphatic heterocycles. The fraction of sp³-hybridized carbons (Fsp3) is 0.385. The molecule has 0 atom stereocenters. The van der Waals surface area contributed by atoms with Crippen molar-refractivity contribution in [1.29, 1.82) is 0 Å². The minimum atomic E-state index is -0.971. The third-order valence-corrected chi connectivity index (χ3v) is 2.83. The van der Waals surface area contributed by atoms with Crippen LogP contribution in [0.3, 0.4) is 0 Å². The standard InChI is InChI=1S/C13H17N3O3/c1-15(2)6-7-16(3)13-14-10-5-4-9(12(17)18)8-11(10)19-13/h4-5,8H,6-7H2,1-3H3,(H,17,18). The minimum Gasteiger partial charge on any atom is -0.478 e. The molecule has 1 aromatic carbocycles. The topological polar surface area (TPSA) is 69.8 Å². The molecular weight excluding hydrogens is 246 g/mol. The van der Waals surface area contributed by atoms with E-state index in [-0.39, 0.29) is 5.56 Å². The maximum atomic E-state index is 10.9. The van der Waals surface area contributed by atoms with Gasteiger partial charge in [0, 0.05) is 20.1 Å². The number of rotatable bonds is 5. The van der Waals surface area contributed by atoms with Crippen LogP contribution in [0.15, 0.2) is 22.6 Å². The van der Waals surface area contributed by atoms with Crippen molar-refractivity contribution >= 4 is 23.1 Å². The summed E-state index contributed by atoms with van der Waals surface area (Å²) in [5, 5.41) is 8.93. The summed E-state index contributed by atoms with van der Waals surface area (Å²) in [4.78, 5) is 19.2. The van der Waals surface area contributed by atoms with Crippen LogP contribution >= 0.6 is 0 Å². The smallest absolute Gasteiger partial charge is 0.335 e. The predicted octanol–water partition coefficient (Wildman–Crippen LogP) is 1.52. The largest absolute Gasteiger partial charge is 0.478 e. The van der Waals surface area contributed by atoms with Crippen molar-refractivity contribution in [3.8, 4) is 0 Å². The van der Waals surface area contributed by atoms with Crippen molar-refractivity contribution in [2.45, 2.75) is 0 Å². The Morgan fingerprint density at radius 3 is 2.68 bits per heavy atom. The van der Waals surface area contributed by atoms with Crippen LogP contribution < -0.4 is 4.90 Å². The van der Waals surface area contributed by atoms with E-state index in [1.807, 2.05) is 26.0 Å².